The molecule has 72 valence electrons. The first-order chi connectivity index (χ1) is 5.88. The molecule has 13 heavy (non-hydrogen) atoms. The van der Waals surface area contributed by atoms with Crippen molar-refractivity contribution in [2.75, 3.05) is 4.72 Å². The van der Waals surface area contributed by atoms with Crippen LogP contribution in [0.25, 0.3) is 0 Å². The minimum Gasteiger partial charge on any atom is -0.271 e. The Morgan fingerprint density at radius 2 is 2.08 bits per heavy atom. The Morgan fingerprint density at radius 1 is 1.46 bits per heavy atom. The molecule has 0 aliphatic heterocycles. The summed E-state index contributed by atoms with van der Waals surface area (Å²) in [5.41, 5.74) is 1.47. The fourth-order valence-corrected chi connectivity index (χ4v) is 1.65. The summed E-state index contributed by atoms with van der Waals surface area (Å²) >= 11 is 3.28. The molecule has 0 bridgehead atoms. The molecule has 0 heterocycles. The van der Waals surface area contributed by atoms with Gasteiger partial charge in [0.2, 0.25) is 0 Å². The van der Waals surface area contributed by atoms with E-state index in [0.717, 1.165) is 10.0 Å². The van der Waals surface area contributed by atoms with Gasteiger partial charge in [-0.25, -0.2) is 5.14 Å². The zero-order valence-corrected chi connectivity index (χ0v) is 9.31. The summed E-state index contributed by atoms with van der Waals surface area (Å²) in [5, 5.41) is 4.80. The first kappa shape index (κ1) is 10.5. The van der Waals surface area contributed by atoms with Gasteiger partial charge in [-0.2, -0.15) is 8.42 Å². The Bertz CT molecular complexity index is 417. The molecule has 1 aromatic carbocycles. The topological polar surface area (TPSA) is 72.2 Å². The molecule has 0 saturated heterocycles. The molecule has 3 N–H and O–H groups in total. The smallest absolute Gasteiger partial charge is 0.271 e. The van der Waals surface area contributed by atoms with Crippen molar-refractivity contribution in [3.63, 3.8) is 0 Å². The monoisotopic (exact) mass is 264 g/mol. The maximum absolute atomic E-state index is 10.6. The van der Waals surface area contributed by atoms with Gasteiger partial charge in [0.1, 0.15) is 0 Å². The average Bonchev–Trinajstić information content (AvgIpc) is 1.94. The van der Waals surface area contributed by atoms with Crippen LogP contribution in [-0.4, -0.2) is 8.42 Å². The van der Waals surface area contributed by atoms with E-state index in [-0.39, 0.29) is 0 Å². The van der Waals surface area contributed by atoms with E-state index in [1.807, 2.05) is 6.92 Å². The van der Waals surface area contributed by atoms with Gasteiger partial charge in [0.25, 0.3) is 10.2 Å². The van der Waals surface area contributed by atoms with Crippen molar-refractivity contribution in [1.82, 2.24) is 0 Å². The summed E-state index contributed by atoms with van der Waals surface area (Å²) in [4.78, 5) is 0. The normalized spacial score (nSPS) is 11.3. The summed E-state index contributed by atoms with van der Waals surface area (Å²) in [6.07, 6.45) is 0. The molecule has 0 aromatic heterocycles. The highest BCUT2D eigenvalue weighted by molar-refractivity contribution is 9.10. The zero-order chi connectivity index (χ0) is 10.1. The minimum atomic E-state index is -3.68. The lowest BCUT2D eigenvalue weighted by Crippen LogP contribution is -2.21. The maximum atomic E-state index is 10.6. The molecule has 0 aliphatic carbocycles. The molecule has 0 atom stereocenters. The third-order valence-corrected chi connectivity index (χ3v) is 2.81. The molecule has 0 spiro atoms. The SMILES string of the molecule is Cc1ccc(NS(N)(=O)=O)cc1Br. The second-order valence-corrected chi connectivity index (χ2v) is 4.76. The molecular formula is C7H9BrN2O2S. The van der Waals surface area contributed by atoms with Gasteiger partial charge in [-0.05, 0) is 24.6 Å². The third-order valence-electron chi connectivity index (χ3n) is 1.43. The van der Waals surface area contributed by atoms with Crippen LogP contribution in [0.4, 0.5) is 5.69 Å². The minimum absolute atomic E-state index is 0.444. The molecule has 1 aromatic rings. The Balaban J connectivity index is 2.99. The standard InChI is InChI=1S/C7H9BrN2O2S/c1-5-2-3-6(4-7(5)8)10-13(9,11)12/h2-4,10H,1H3,(H2,9,11,12). The van der Waals surface area contributed by atoms with Crippen molar-refractivity contribution in [1.29, 1.82) is 0 Å². The van der Waals surface area contributed by atoms with Crippen molar-refractivity contribution >= 4 is 31.8 Å². The van der Waals surface area contributed by atoms with Crippen LogP contribution in [-0.2, 0) is 10.2 Å². The number of halogens is 1. The van der Waals surface area contributed by atoms with Crippen LogP contribution in [0.3, 0.4) is 0 Å². The van der Waals surface area contributed by atoms with Crippen molar-refractivity contribution in [2.24, 2.45) is 5.14 Å². The number of nitrogens with one attached hydrogen (secondary N) is 1. The van der Waals surface area contributed by atoms with E-state index in [1.54, 1.807) is 18.2 Å². The summed E-state index contributed by atoms with van der Waals surface area (Å²) in [6, 6.07) is 5.09. The van der Waals surface area contributed by atoms with Gasteiger partial charge in [0.05, 0.1) is 5.69 Å². The summed E-state index contributed by atoms with van der Waals surface area (Å²) < 4.78 is 24.3. The van der Waals surface area contributed by atoms with E-state index in [0.29, 0.717) is 5.69 Å². The lowest BCUT2D eigenvalue weighted by atomic mass is 10.2. The molecule has 0 aliphatic rings. The average molecular weight is 265 g/mol. The summed E-state index contributed by atoms with van der Waals surface area (Å²) in [7, 11) is -3.68. The van der Waals surface area contributed by atoms with Gasteiger partial charge >= 0.3 is 0 Å². The molecule has 0 radical (unpaired) electrons. The van der Waals surface area contributed by atoms with Crippen molar-refractivity contribution in [3.8, 4) is 0 Å². The summed E-state index contributed by atoms with van der Waals surface area (Å²) in [6.45, 7) is 1.91. The predicted octanol–water partition coefficient (Wildman–Crippen LogP) is 1.37. The van der Waals surface area contributed by atoms with E-state index < -0.39 is 10.2 Å². The highest BCUT2D eigenvalue weighted by Crippen LogP contribution is 2.20. The number of hydrogen-bond donors (Lipinski definition) is 2. The number of nitrogens with two attached hydrogens (primary N) is 1. The fraction of sp³-hybridized carbons (Fsp3) is 0.143. The second-order valence-electron chi connectivity index (χ2n) is 2.61. The van der Waals surface area contributed by atoms with Crippen molar-refractivity contribution in [2.45, 2.75) is 6.92 Å². The quantitative estimate of drug-likeness (QED) is 0.847. The molecule has 0 saturated carbocycles. The largest absolute Gasteiger partial charge is 0.296 e. The predicted molar refractivity (Wildman–Crippen MR) is 55.6 cm³/mol. The molecule has 1 rings (SSSR count). The van der Waals surface area contributed by atoms with Crippen LogP contribution in [0.2, 0.25) is 0 Å². The van der Waals surface area contributed by atoms with Crippen molar-refractivity contribution < 1.29 is 8.42 Å². The van der Waals surface area contributed by atoms with Crippen LogP contribution < -0.4 is 9.86 Å². The van der Waals surface area contributed by atoms with Gasteiger partial charge in [-0.1, -0.05) is 22.0 Å². The van der Waals surface area contributed by atoms with E-state index in [1.165, 1.54) is 0 Å². The molecular weight excluding hydrogens is 256 g/mol. The highest BCUT2D eigenvalue weighted by atomic mass is 79.9. The maximum Gasteiger partial charge on any atom is 0.296 e. The van der Waals surface area contributed by atoms with Crippen molar-refractivity contribution in [3.05, 3.63) is 28.2 Å². The fourth-order valence-electron chi connectivity index (χ4n) is 0.821. The van der Waals surface area contributed by atoms with Crippen LogP contribution in [0.15, 0.2) is 22.7 Å². The highest BCUT2D eigenvalue weighted by Gasteiger charge is 2.02. The van der Waals surface area contributed by atoms with Gasteiger partial charge in [0.15, 0.2) is 0 Å². The lowest BCUT2D eigenvalue weighted by molar-refractivity contribution is 0.603. The number of benzene rings is 1. The number of rotatable bonds is 2. The summed E-state index contributed by atoms with van der Waals surface area (Å²) in [5.74, 6) is 0. The first-order valence-corrected chi connectivity index (χ1v) is 5.79. The zero-order valence-electron chi connectivity index (χ0n) is 6.91. The van der Waals surface area contributed by atoms with E-state index in [9.17, 15) is 8.42 Å². The Morgan fingerprint density at radius 3 is 2.54 bits per heavy atom. The number of anilines is 1. The van der Waals surface area contributed by atoms with Crippen LogP contribution in [0.5, 0.6) is 0 Å². The number of aryl methyl sites for hydroxylation is 1. The van der Waals surface area contributed by atoms with Crippen LogP contribution >= 0.6 is 15.9 Å². The van der Waals surface area contributed by atoms with Gasteiger partial charge in [-0.15, -0.1) is 0 Å². The third kappa shape index (κ3) is 3.33. The van der Waals surface area contributed by atoms with E-state index >= 15 is 0 Å². The van der Waals surface area contributed by atoms with Gasteiger partial charge < -0.3 is 0 Å². The van der Waals surface area contributed by atoms with E-state index in [2.05, 4.69) is 20.7 Å². The molecule has 4 nitrogen and oxygen atoms in total. The number of hydrogen-bond acceptors (Lipinski definition) is 2. The van der Waals surface area contributed by atoms with E-state index in [4.69, 9.17) is 5.14 Å². The Kier molecular flexibility index (Phi) is 2.94. The van der Waals surface area contributed by atoms with Crippen LogP contribution in [0.1, 0.15) is 5.56 Å². The molecule has 0 amide bonds. The first-order valence-electron chi connectivity index (χ1n) is 3.45. The lowest BCUT2D eigenvalue weighted by Gasteiger charge is -2.04. The van der Waals surface area contributed by atoms with Gasteiger partial charge in [-0.3, -0.25) is 4.72 Å². The Labute approximate surface area is 85.4 Å². The second kappa shape index (κ2) is 3.65. The molecule has 0 fully saturated rings. The molecule has 6 heteroatoms. The Hall–Kier alpha value is -0.590. The van der Waals surface area contributed by atoms with Crippen LogP contribution in [0, 0.1) is 6.92 Å². The molecule has 0 unspecified atom stereocenters. The van der Waals surface area contributed by atoms with Gasteiger partial charge in [0, 0.05) is 4.47 Å².